The largest absolute Gasteiger partial charge is 0.506 e. The van der Waals surface area contributed by atoms with Crippen molar-refractivity contribution < 1.29 is 5.11 Å². The third-order valence-electron chi connectivity index (χ3n) is 3.05. The lowest BCUT2D eigenvalue weighted by atomic mass is 10.2. The molecule has 0 spiro atoms. The lowest BCUT2D eigenvalue weighted by molar-refractivity contribution is 0.458. The molecule has 1 N–H and O–H groups in total. The summed E-state index contributed by atoms with van der Waals surface area (Å²) >= 11 is 1.61. The predicted octanol–water partition coefficient (Wildman–Crippen LogP) is 2.69. The molecule has 0 unspecified atom stereocenters. The fourth-order valence-corrected chi connectivity index (χ4v) is 3.31. The first kappa shape index (κ1) is 10.6. The molecule has 3 nitrogen and oxygen atoms in total. The van der Waals surface area contributed by atoms with Crippen molar-refractivity contribution in [3.63, 3.8) is 0 Å². The lowest BCUT2D eigenvalue weighted by Gasteiger charge is -2.24. The quantitative estimate of drug-likeness (QED) is 0.839. The van der Waals surface area contributed by atoms with Gasteiger partial charge in [0.05, 0.1) is 0 Å². The van der Waals surface area contributed by atoms with Gasteiger partial charge in [-0.25, -0.2) is 0 Å². The Bertz CT molecular complexity index is 588. The fraction of sp³-hybridized carbons (Fsp3) is 0.308. The van der Waals surface area contributed by atoms with Crippen LogP contribution in [0, 0.1) is 0 Å². The van der Waals surface area contributed by atoms with Crippen molar-refractivity contribution in [1.82, 2.24) is 4.90 Å². The summed E-state index contributed by atoms with van der Waals surface area (Å²) in [7, 11) is 2.03. The van der Waals surface area contributed by atoms with Crippen molar-refractivity contribution in [2.24, 2.45) is 4.99 Å². The zero-order valence-corrected chi connectivity index (χ0v) is 10.5. The Balaban J connectivity index is 2.17. The molecule has 0 saturated heterocycles. The molecule has 0 radical (unpaired) electrons. The van der Waals surface area contributed by atoms with Crippen LogP contribution in [0.1, 0.15) is 11.3 Å². The number of amidine groups is 1. The van der Waals surface area contributed by atoms with Crippen LogP contribution in [0.2, 0.25) is 0 Å². The molecule has 1 aliphatic heterocycles. The Morgan fingerprint density at radius 1 is 1.35 bits per heavy atom. The van der Waals surface area contributed by atoms with Gasteiger partial charge in [-0.15, -0.1) is 11.3 Å². The van der Waals surface area contributed by atoms with E-state index in [-0.39, 0.29) is 0 Å². The lowest BCUT2D eigenvalue weighted by Crippen LogP contribution is -2.32. The van der Waals surface area contributed by atoms with Crippen LogP contribution in [-0.4, -0.2) is 36.0 Å². The van der Waals surface area contributed by atoms with E-state index < -0.39 is 0 Å². The van der Waals surface area contributed by atoms with E-state index >= 15 is 0 Å². The van der Waals surface area contributed by atoms with Crippen molar-refractivity contribution in [2.45, 2.75) is 6.42 Å². The highest BCUT2D eigenvalue weighted by Gasteiger charge is 2.20. The van der Waals surface area contributed by atoms with E-state index in [0.717, 1.165) is 40.3 Å². The van der Waals surface area contributed by atoms with Crippen molar-refractivity contribution in [2.75, 3.05) is 20.1 Å². The average molecular weight is 246 g/mol. The summed E-state index contributed by atoms with van der Waals surface area (Å²) < 4.78 is 1.11. The van der Waals surface area contributed by atoms with Crippen molar-refractivity contribution in [1.29, 1.82) is 0 Å². The molecule has 2 aromatic rings. The van der Waals surface area contributed by atoms with E-state index in [2.05, 4.69) is 9.89 Å². The van der Waals surface area contributed by atoms with Gasteiger partial charge in [0.25, 0.3) is 0 Å². The highest BCUT2D eigenvalue weighted by atomic mass is 32.1. The Hall–Kier alpha value is -1.55. The van der Waals surface area contributed by atoms with Crippen LogP contribution in [-0.2, 0) is 0 Å². The number of nitrogens with zero attached hydrogens (tertiary/aromatic N) is 2. The normalized spacial score (nSPS) is 16.3. The molecule has 1 aromatic carbocycles. The third-order valence-corrected chi connectivity index (χ3v) is 4.20. The summed E-state index contributed by atoms with van der Waals surface area (Å²) in [6.07, 6.45) is 1.09. The van der Waals surface area contributed by atoms with Gasteiger partial charge in [0, 0.05) is 30.2 Å². The van der Waals surface area contributed by atoms with Crippen LogP contribution in [0.25, 0.3) is 10.1 Å². The van der Waals surface area contributed by atoms with Crippen molar-refractivity contribution in [3.05, 3.63) is 29.1 Å². The highest BCUT2D eigenvalue weighted by Crippen LogP contribution is 2.37. The maximum atomic E-state index is 10.3. The van der Waals surface area contributed by atoms with Gasteiger partial charge in [0.15, 0.2) is 0 Å². The molecule has 1 aliphatic rings. The summed E-state index contributed by atoms with van der Waals surface area (Å²) in [5.74, 6) is 1.30. The number of aliphatic imine (C=N–C) groups is 1. The van der Waals surface area contributed by atoms with E-state index in [1.807, 2.05) is 31.3 Å². The predicted molar refractivity (Wildman–Crippen MR) is 72.1 cm³/mol. The minimum Gasteiger partial charge on any atom is -0.506 e. The van der Waals surface area contributed by atoms with Crippen LogP contribution >= 0.6 is 11.3 Å². The van der Waals surface area contributed by atoms with Crippen LogP contribution in [0.3, 0.4) is 0 Å². The summed E-state index contributed by atoms with van der Waals surface area (Å²) in [6.45, 7) is 1.86. The van der Waals surface area contributed by atoms with Gasteiger partial charge in [-0.3, -0.25) is 4.99 Å². The second kappa shape index (κ2) is 4.04. The van der Waals surface area contributed by atoms with Crippen LogP contribution in [0.15, 0.2) is 29.3 Å². The third kappa shape index (κ3) is 1.69. The van der Waals surface area contributed by atoms with E-state index in [1.54, 1.807) is 11.3 Å². The summed E-state index contributed by atoms with van der Waals surface area (Å²) in [5.41, 5.74) is 0. The van der Waals surface area contributed by atoms with Crippen LogP contribution in [0.4, 0.5) is 0 Å². The Morgan fingerprint density at radius 3 is 2.94 bits per heavy atom. The number of benzene rings is 1. The van der Waals surface area contributed by atoms with E-state index in [0.29, 0.717) is 5.75 Å². The first-order chi connectivity index (χ1) is 8.27. The monoisotopic (exact) mass is 246 g/mol. The van der Waals surface area contributed by atoms with Gasteiger partial charge in [0.2, 0.25) is 0 Å². The summed E-state index contributed by atoms with van der Waals surface area (Å²) in [5, 5.41) is 11.2. The fourth-order valence-electron chi connectivity index (χ4n) is 2.15. The molecule has 0 atom stereocenters. The number of hydrogen-bond acceptors (Lipinski definition) is 4. The molecule has 0 fully saturated rings. The Morgan fingerprint density at radius 2 is 2.18 bits per heavy atom. The first-order valence-corrected chi connectivity index (χ1v) is 6.55. The molecule has 1 aromatic heterocycles. The van der Waals surface area contributed by atoms with E-state index in [4.69, 9.17) is 0 Å². The maximum Gasteiger partial charge on any atom is 0.145 e. The number of fused-ring (bicyclic) bond motifs is 1. The minimum absolute atomic E-state index is 0.373. The summed E-state index contributed by atoms with van der Waals surface area (Å²) in [4.78, 5) is 7.55. The highest BCUT2D eigenvalue weighted by molar-refractivity contribution is 7.21. The molecule has 4 heteroatoms. The molecule has 88 valence electrons. The topological polar surface area (TPSA) is 35.8 Å². The van der Waals surface area contributed by atoms with Crippen molar-refractivity contribution in [3.8, 4) is 5.75 Å². The van der Waals surface area contributed by atoms with Crippen LogP contribution in [0.5, 0.6) is 5.75 Å². The Kier molecular flexibility index (Phi) is 2.52. The van der Waals surface area contributed by atoms with Gasteiger partial charge in [0.1, 0.15) is 16.5 Å². The Labute approximate surface area is 104 Å². The smallest absolute Gasteiger partial charge is 0.145 e. The standard InChI is InChI=1S/C13H14N2OS/c1-15-8-4-7-14-13(15)12-11(16)9-5-2-3-6-10(9)17-12/h2-3,5-6,16H,4,7-8H2,1H3. The zero-order valence-electron chi connectivity index (χ0n) is 9.68. The zero-order chi connectivity index (χ0) is 11.8. The van der Waals surface area contributed by atoms with E-state index in [9.17, 15) is 5.11 Å². The number of hydrogen-bond donors (Lipinski definition) is 1. The molecule has 0 bridgehead atoms. The first-order valence-electron chi connectivity index (χ1n) is 5.74. The van der Waals surface area contributed by atoms with Crippen LogP contribution < -0.4 is 0 Å². The molecule has 0 aliphatic carbocycles. The maximum absolute atomic E-state index is 10.3. The second-order valence-electron chi connectivity index (χ2n) is 4.26. The van der Waals surface area contributed by atoms with Gasteiger partial charge < -0.3 is 10.0 Å². The molecule has 0 amide bonds. The van der Waals surface area contributed by atoms with Gasteiger partial charge >= 0.3 is 0 Å². The average Bonchev–Trinajstić information content (AvgIpc) is 2.68. The van der Waals surface area contributed by atoms with Gasteiger partial charge in [-0.1, -0.05) is 12.1 Å². The molecule has 3 rings (SSSR count). The molecule has 17 heavy (non-hydrogen) atoms. The minimum atomic E-state index is 0.373. The number of rotatable bonds is 1. The molecule has 2 heterocycles. The summed E-state index contributed by atoms with van der Waals surface area (Å²) in [6, 6.07) is 7.93. The molecular weight excluding hydrogens is 232 g/mol. The van der Waals surface area contributed by atoms with Gasteiger partial charge in [-0.2, -0.15) is 0 Å². The second-order valence-corrected chi connectivity index (χ2v) is 5.31. The number of aromatic hydroxyl groups is 1. The van der Waals surface area contributed by atoms with Crippen molar-refractivity contribution >= 4 is 27.3 Å². The SMILES string of the molecule is CN1CCCN=C1c1sc2ccccc2c1O. The molecule has 0 saturated carbocycles. The van der Waals surface area contributed by atoms with E-state index in [1.165, 1.54) is 0 Å². The molecular formula is C13H14N2OS. The number of thiophene rings is 1. The van der Waals surface area contributed by atoms with Gasteiger partial charge in [-0.05, 0) is 18.6 Å².